The van der Waals surface area contributed by atoms with E-state index >= 15 is 0 Å². The van der Waals surface area contributed by atoms with Crippen LogP contribution < -0.4 is 0 Å². The highest BCUT2D eigenvalue weighted by Crippen LogP contribution is 2.19. The molecule has 0 bridgehead atoms. The Balaban J connectivity index is 1.88. The number of pyridine rings is 1. The first-order valence-corrected chi connectivity index (χ1v) is 5.99. The zero-order valence-corrected chi connectivity index (χ0v) is 10.5. The molecule has 1 atom stereocenters. The lowest BCUT2D eigenvalue weighted by Gasteiger charge is -2.18. The van der Waals surface area contributed by atoms with Crippen molar-refractivity contribution in [3.8, 4) is 0 Å². The second-order valence-corrected chi connectivity index (χ2v) is 4.81. The molecule has 0 spiro atoms. The van der Waals surface area contributed by atoms with Crippen LogP contribution in [0.15, 0.2) is 24.5 Å². The lowest BCUT2D eigenvalue weighted by molar-refractivity contribution is -0.132. The molecule has 1 amide bonds. The fraction of sp³-hybridized carbons (Fsp3) is 0.538. The lowest BCUT2D eigenvalue weighted by atomic mass is 10.1. The molecule has 17 heavy (non-hydrogen) atoms. The normalized spacial score (nSPS) is 20.5. The summed E-state index contributed by atoms with van der Waals surface area (Å²) in [7, 11) is 3.65. The topological polar surface area (TPSA) is 36.4 Å². The maximum Gasteiger partial charge on any atom is 0.226 e. The molecule has 1 aliphatic rings. The number of nitrogens with zero attached hydrogens (tertiary/aromatic N) is 3. The second-order valence-electron chi connectivity index (χ2n) is 4.81. The van der Waals surface area contributed by atoms with Crippen molar-refractivity contribution in [1.29, 1.82) is 0 Å². The molecule has 2 heterocycles. The maximum absolute atomic E-state index is 11.8. The molecule has 0 N–H and O–H groups in total. The summed E-state index contributed by atoms with van der Waals surface area (Å²) in [6.07, 6.45) is 4.60. The Hall–Kier alpha value is -1.42. The average Bonchev–Trinajstić information content (AvgIpc) is 2.77. The Morgan fingerprint density at radius 2 is 2.18 bits per heavy atom. The molecule has 1 saturated heterocycles. The number of hydrogen-bond donors (Lipinski definition) is 0. The monoisotopic (exact) mass is 233 g/mol. The number of amides is 1. The first kappa shape index (κ1) is 12.0. The summed E-state index contributed by atoms with van der Waals surface area (Å²) in [5.74, 6) is 0.425. The predicted octanol–water partition coefficient (Wildman–Crippen LogP) is 0.992. The van der Waals surface area contributed by atoms with E-state index in [0.717, 1.165) is 26.1 Å². The van der Waals surface area contributed by atoms with Gasteiger partial charge in [-0.15, -0.1) is 0 Å². The van der Waals surface area contributed by atoms with Gasteiger partial charge in [-0.05, 0) is 30.7 Å². The number of hydrogen-bond acceptors (Lipinski definition) is 3. The van der Waals surface area contributed by atoms with Gasteiger partial charge in [0.25, 0.3) is 0 Å². The SMILES string of the molecule is CN(C)C(=O)[C@@H]1CCN(Cc2ccncc2)C1. The van der Waals surface area contributed by atoms with Crippen molar-refractivity contribution in [1.82, 2.24) is 14.8 Å². The van der Waals surface area contributed by atoms with Crippen LogP contribution in [0.25, 0.3) is 0 Å². The van der Waals surface area contributed by atoms with Gasteiger partial charge in [0.05, 0.1) is 5.92 Å². The van der Waals surface area contributed by atoms with Gasteiger partial charge in [-0.1, -0.05) is 0 Å². The minimum atomic E-state index is 0.173. The van der Waals surface area contributed by atoms with Crippen LogP contribution >= 0.6 is 0 Å². The quantitative estimate of drug-likeness (QED) is 0.781. The molecule has 1 fully saturated rings. The van der Waals surface area contributed by atoms with E-state index in [0.29, 0.717) is 0 Å². The largest absolute Gasteiger partial charge is 0.349 e. The third-order valence-corrected chi connectivity index (χ3v) is 3.22. The number of likely N-dealkylation sites (tertiary alicyclic amines) is 1. The van der Waals surface area contributed by atoms with Crippen LogP contribution in [0.4, 0.5) is 0 Å². The third kappa shape index (κ3) is 3.03. The number of carbonyl (C=O) groups is 1. The van der Waals surface area contributed by atoms with Crippen molar-refractivity contribution in [2.75, 3.05) is 27.2 Å². The highest BCUT2D eigenvalue weighted by Gasteiger charge is 2.28. The molecule has 0 unspecified atom stereocenters. The van der Waals surface area contributed by atoms with Gasteiger partial charge in [0.2, 0.25) is 5.91 Å². The van der Waals surface area contributed by atoms with Crippen LogP contribution in [0, 0.1) is 5.92 Å². The minimum absolute atomic E-state index is 0.173. The van der Waals surface area contributed by atoms with E-state index < -0.39 is 0 Å². The molecule has 0 aromatic carbocycles. The van der Waals surface area contributed by atoms with Crippen LogP contribution in [0.5, 0.6) is 0 Å². The second kappa shape index (κ2) is 5.27. The Bertz CT molecular complexity index is 378. The summed E-state index contributed by atoms with van der Waals surface area (Å²) >= 11 is 0. The Kier molecular flexibility index (Phi) is 3.74. The summed E-state index contributed by atoms with van der Waals surface area (Å²) in [5, 5.41) is 0. The number of carbonyl (C=O) groups excluding carboxylic acids is 1. The van der Waals surface area contributed by atoms with Gasteiger partial charge < -0.3 is 4.90 Å². The minimum Gasteiger partial charge on any atom is -0.349 e. The van der Waals surface area contributed by atoms with E-state index in [1.54, 1.807) is 4.90 Å². The van der Waals surface area contributed by atoms with E-state index in [9.17, 15) is 4.79 Å². The fourth-order valence-corrected chi connectivity index (χ4v) is 2.29. The Morgan fingerprint density at radius 1 is 1.47 bits per heavy atom. The van der Waals surface area contributed by atoms with E-state index in [2.05, 4.69) is 9.88 Å². The fourth-order valence-electron chi connectivity index (χ4n) is 2.29. The molecule has 4 heteroatoms. The van der Waals surface area contributed by atoms with Crippen LogP contribution in [-0.4, -0.2) is 47.9 Å². The van der Waals surface area contributed by atoms with Crippen LogP contribution in [-0.2, 0) is 11.3 Å². The van der Waals surface area contributed by atoms with Gasteiger partial charge in [0.1, 0.15) is 0 Å². The van der Waals surface area contributed by atoms with Gasteiger partial charge in [0.15, 0.2) is 0 Å². The van der Waals surface area contributed by atoms with Crippen LogP contribution in [0.2, 0.25) is 0 Å². The first-order valence-electron chi connectivity index (χ1n) is 5.99. The summed E-state index contributed by atoms with van der Waals surface area (Å²) in [6.45, 7) is 2.80. The average molecular weight is 233 g/mol. The van der Waals surface area contributed by atoms with Crippen molar-refractivity contribution in [2.45, 2.75) is 13.0 Å². The van der Waals surface area contributed by atoms with E-state index in [4.69, 9.17) is 0 Å². The van der Waals surface area contributed by atoms with Crippen LogP contribution in [0.1, 0.15) is 12.0 Å². The van der Waals surface area contributed by atoms with Crippen molar-refractivity contribution in [2.24, 2.45) is 5.92 Å². The molecule has 1 aromatic rings. The standard InChI is InChI=1S/C13H19N3O/c1-15(2)13(17)12-5-8-16(10-12)9-11-3-6-14-7-4-11/h3-4,6-7,12H,5,8-10H2,1-2H3/t12-/m1/s1. The summed E-state index contributed by atoms with van der Waals surface area (Å²) < 4.78 is 0. The van der Waals surface area contributed by atoms with Gasteiger partial charge in [-0.2, -0.15) is 0 Å². The molecule has 1 aliphatic heterocycles. The Morgan fingerprint density at radius 3 is 2.82 bits per heavy atom. The first-order chi connectivity index (χ1) is 8.16. The maximum atomic E-state index is 11.8. The molecule has 4 nitrogen and oxygen atoms in total. The van der Waals surface area contributed by atoms with Crippen molar-refractivity contribution < 1.29 is 4.79 Å². The molecule has 1 aromatic heterocycles. The zero-order valence-electron chi connectivity index (χ0n) is 10.5. The Labute approximate surface area is 102 Å². The van der Waals surface area contributed by atoms with Gasteiger partial charge in [-0.25, -0.2) is 0 Å². The van der Waals surface area contributed by atoms with E-state index in [-0.39, 0.29) is 11.8 Å². The van der Waals surface area contributed by atoms with Gasteiger partial charge >= 0.3 is 0 Å². The molecule has 0 radical (unpaired) electrons. The molecular weight excluding hydrogens is 214 g/mol. The van der Waals surface area contributed by atoms with Crippen molar-refractivity contribution in [3.05, 3.63) is 30.1 Å². The highest BCUT2D eigenvalue weighted by atomic mass is 16.2. The van der Waals surface area contributed by atoms with Gasteiger partial charge in [-0.3, -0.25) is 14.7 Å². The smallest absolute Gasteiger partial charge is 0.226 e. The van der Waals surface area contributed by atoms with E-state index in [1.165, 1.54) is 5.56 Å². The third-order valence-electron chi connectivity index (χ3n) is 3.22. The van der Waals surface area contributed by atoms with E-state index in [1.807, 2.05) is 38.6 Å². The predicted molar refractivity (Wildman–Crippen MR) is 66.3 cm³/mol. The van der Waals surface area contributed by atoms with Crippen molar-refractivity contribution >= 4 is 5.91 Å². The molecule has 0 aliphatic carbocycles. The summed E-state index contributed by atoms with van der Waals surface area (Å²) in [5.41, 5.74) is 1.26. The summed E-state index contributed by atoms with van der Waals surface area (Å²) in [6, 6.07) is 4.06. The molecule has 2 rings (SSSR count). The summed E-state index contributed by atoms with van der Waals surface area (Å²) in [4.78, 5) is 19.9. The molecule has 92 valence electrons. The molecule has 0 saturated carbocycles. The van der Waals surface area contributed by atoms with Crippen molar-refractivity contribution in [3.63, 3.8) is 0 Å². The zero-order chi connectivity index (χ0) is 12.3. The lowest BCUT2D eigenvalue weighted by Crippen LogP contribution is -2.31. The number of aromatic nitrogens is 1. The highest BCUT2D eigenvalue weighted by molar-refractivity contribution is 5.78. The van der Waals surface area contributed by atoms with Crippen LogP contribution in [0.3, 0.4) is 0 Å². The van der Waals surface area contributed by atoms with Gasteiger partial charge in [0, 0.05) is 39.6 Å². The molecular formula is C13H19N3O. The number of rotatable bonds is 3.